The molecular weight excluding hydrogens is 454 g/mol. The van der Waals surface area contributed by atoms with Crippen LogP contribution in [0.1, 0.15) is 13.3 Å². The first kappa shape index (κ1) is 23.7. The number of hydrogen-bond acceptors (Lipinski definition) is 7. The molecule has 1 heterocycles. The van der Waals surface area contributed by atoms with Crippen LogP contribution in [0.25, 0.3) is 11.4 Å². The van der Waals surface area contributed by atoms with E-state index in [1.54, 1.807) is 20.1 Å². The lowest BCUT2D eigenvalue weighted by Gasteiger charge is -2.14. The van der Waals surface area contributed by atoms with E-state index in [4.69, 9.17) is 16.3 Å². The summed E-state index contributed by atoms with van der Waals surface area (Å²) in [6.07, 6.45) is 0.739. The van der Waals surface area contributed by atoms with Gasteiger partial charge < -0.3 is 14.6 Å². The van der Waals surface area contributed by atoms with Gasteiger partial charge in [0, 0.05) is 43.6 Å². The fourth-order valence-electron chi connectivity index (χ4n) is 2.91. The number of amides is 1. The van der Waals surface area contributed by atoms with Crippen LogP contribution < -0.4 is 5.32 Å². The van der Waals surface area contributed by atoms with Gasteiger partial charge in [-0.25, -0.2) is 0 Å². The summed E-state index contributed by atoms with van der Waals surface area (Å²) in [5, 5.41) is 22.8. The SMILES string of the molecule is COCCCn1c(SC(C)C(=O)Nc2ccc([N+](=O)[O-])cc2)nnc1-c1ccccc1Cl. The molecule has 0 aliphatic heterocycles. The highest BCUT2D eigenvalue weighted by Gasteiger charge is 2.22. The zero-order valence-electron chi connectivity index (χ0n) is 17.5. The standard InChI is InChI=1S/C21H22ClN5O4S/c1-14(20(28)23-15-8-10-16(11-9-15)27(29)30)32-21-25-24-19(26(21)12-5-13-31-2)17-6-3-4-7-18(17)22/h3-4,6-11,14H,5,12-13H2,1-2H3,(H,23,28). The van der Waals surface area contributed by atoms with Crippen molar-refractivity contribution in [3.05, 3.63) is 63.7 Å². The molecule has 0 radical (unpaired) electrons. The number of ether oxygens (including phenoxy) is 1. The average Bonchev–Trinajstić information content (AvgIpc) is 3.16. The molecule has 3 rings (SSSR count). The van der Waals surface area contributed by atoms with Crippen LogP contribution in [0.4, 0.5) is 11.4 Å². The van der Waals surface area contributed by atoms with E-state index in [-0.39, 0.29) is 11.6 Å². The van der Waals surface area contributed by atoms with Gasteiger partial charge in [-0.1, -0.05) is 35.5 Å². The first-order chi connectivity index (χ1) is 15.4. The highest BCUT2D eigenvalue weighted by atomic mass is 35.5. The summed E-state index contributed by atoms with van der Waals surface area (Å²) in [5.74, 6) is 0.367. The third-order valence-electron chi connectivity index (χ3n) is 4.56. The normalized spacial score (nSPS) is 11.8. The summed E-state index contributed by atoms with van der Waals surface area (Å²) in [7, 11) is 1.64. The number of nitro groups is 1. The average molecular weight is 476 g/mol. The lowest BCUT2D eigenvalue weighted by atomic mass is 10.2. The Morgan fingerprint density at radius 3 is 2.62 bits per heavy atom. The number of halogens is 1. The van der Waals surface area contributed by atoms with Gasteiger partial charge in [-0.05, 0) is 37.6 Å². The van der Waals surface area contributed by atoms with Gasteiger partial charge in [-0.2, -0.15) is 0 Å². The van der Waals surface area contributed by atoms with E-state index < -0.39 is 10.2 Å². The number of hydrogen-bond donors (Lipinski definition) is 1. The molecule has 168 valence electrons. The molecule has 1 amide bonds. The third kappa shape index (κ3) is 5.84. The van der Waals surface area contributed by atoms with Gasteiger partial charge in [0.05, 0.1) is 15.2 Å². The minimum Gasteiger partial charge on any atom is -0.385 e. The van der Waals surface area contributed by atoms with Crippen molar-refractivity contribution in [1.29, 1.82) is 0 Å². The summed E-state index contributed by atoms with van der Waals surface area (Å²) < 4.78 is 7.10. The van der Waals surface area contributed by atoms with Crippen LogP contribution in [0, 0.1) is 10.1 Å². The summed E-state index contributed by atoms with van der Waals surface area (Å²) in [5.41, 5.74) is 1.20. The highest BCUT2D eigenvalue weighted by Crippen LogP contribution is 2.31. The lowest BCUT2D eigenvalue weighted by Crippen LogP contribution is -2.23. The van der Waals surface area contributed by atoms with Crippen molar-refractivity contribution in [3.63, 3.8) is 0 Å². The van der Waals surface area contributed by atoms with Crippen LogP contribution in [0.2, 0.25) is 5.02 Å². The van der Waals surface area contributed by atoms with Crippen molar-refractivity contribution in [3.8, 4) is 11.4 Å². The number of nitrogens with zero attached hydrogens (tertiary/aromatic N) is 4. The zero-order valence-corrected chi connectivity index (χ0v) is 19.1. The molecular formula is C21H22ClN5O4S. The van der Waals surface area contributed by atoms with Gasteiger partial charge in [-0.3, -0.25) is 14.9 Å². The number of aromatic nitrogens is 3. The second kappa shape index (κ2) is 11.1. The summed E-state index contributed by atoms with van der Waals surface area (Å²) in [6.45, 7) is 2.93. The molecule has 0 saturated heterocycles. The molecule has 32 heavy (non-hydrogen) atoms. The fraction of sp³-hybridized carbons (Fsp3) is 0.286. The maximum atomic E-state index is 12.7. The molecule has 0 saturated carbocycles. The van der Waals surface area contributed by atoms with E-state index in [2.05, 4.69) is 15.5 Å². The van der Waals surface area contributed by atoms with E-state index in [1.807, 2.05) is 22.8 Å². The Kier molecular flexibility index (Phi) is 8.20. The van der Waals surface area contributed by atoms with E-state index in [0.717, 1.165) is 12.0 Å². The Labute approximate surface area is 194 Å². The minimum atomic E-state index is -0.491. The quantitative estimate of drug-likeness (QED) is 0.196. The maximum absolute atomic E-state index is 12.7. The van der Waals surface area contributed by atoms with Crippen molar-refractivity contribution in [2.45, 2.75) is 30.3 Å². The van der Waals surface area contributed by atoms with Crippen molar-refractivity contribution < 1.29 is 14.5 Å². The van der Waals surface area contributed by atoms with E-state index in [9.17, 15) is 14.9 Å². The Hall–Kier alpha value is -2.95. The molecule has 1 N–H and O–H groups in total. The minimum absolute atomic E-state index is 0.0401. The smallest absolute Gasteiger partial charge is 0.269 e. The van der Waals surface area contributed by atoms with Crippen LogP contribution in [0.3, 0.4) is 0 Å². The number of non-ortho nitro benzene ring substituents is 1. The number of rotatable bonds is 10. The van der Waals surface area contributed by atoms with Crippen LogP contribution in [0.15, 0.2) is 53.7 Å². The summed E-state index contributed by atoms with van der Waals surface area (Å²) in [6, 6.07) is 13.1. The lowest BCUT2D eigenvalue weighted by molar-refractivity contribution is -0.384. The number of carbonyl (C=O) groups is 1. The van der Waals surface area contributed by atoms with Gasteiger partial charge >= 0.3 is 0 Å². The molecule has 0 bridgehead atoms. The Morgan fingerprint density at radius 1 is 1.25 bits per heavy atom. The van der Waals surface area contributed by atoms with E-state index >= 15 is 0 Å². The molecule has 0 fully saturated rings. The van der Waals surface area contributed by atoms with Crippen molar-refractivity contribution in [2.75, 3.05) is 19.0 Å². The number of nitro benzene ring substituents is 1. The molecule has 11 heteroatoms. The van der Waals surface area contributed by atoms with Gasteiger partial charge in [0.25, 0.3) is 5.69 Å². The summed E-state index contributed by atoms with van der Waals surface area (Å²) >= 11 is 7.63. The first-order valence-corrected chi connectivity index (χ1v) is 11.1. The van der Waals surface area contributed by atoms with Gasteiger partial charge in [0.2, 0.25) is 5.91 Å². The maximum Gasteiger partial charge on any atom is 0.269 e. The monoisotopic (exact) mass is 475 g/mol. The van der Waals surface area contributed by atoms with Gasteiger partial charge in [0.15, 0.2) is 11.0 Å². The molecule has 1 unspecified atom stereocenters. The van der Waals surface area contributed by atoms with Gasteiger partial charge in [-0.15, -0.1) is 10.2 Å². The van der Waals surface area contributed by atoms with Crippen LogP contribution in [-0.4, -0.2) is 44.6 Å². The number of carbonyl (C=O) groups excluding carboxylic acids is 1. The van der Waals surface area contributed by atoms with Crippen molar-refractivity contribution in [1.82, 2.24) is 14.8 Å². The van der Waals surface area contributed by atoms with E-state index in [1.165, 1.54) is 36.0 Å². The molecule has 2 aromatic carbocycles. The summed E-state index contributed by atoms with van der Waals surface area (Å²) in [4.78, 5) is 23.0. The number of nitrogens with one attached hydrogen (secondary N) is 1. The van der Waals surface area contributed by atoms with Crippen LogP contribution in [-0.2, 0) is 16.1 Å². The molecule has 9 nitrogen and oxygen atoms in total. The third-order valence-corrected chi connectivity index (χ3v) is 5.97. The van der Waals surface area contributed by atoms with Crippen molar-refractivity contribution in [2.24, 2.45) is 0 Å². The first-order valence-electron chi connectivity index (χ1n) is 9.79. The highest BCUT2D eigenvalue weighted by molar-refractivity contribution is 8.00. The second-order valence-corrected chi connectivity index (χ2v) is 8.55. The Bertz CT molecular complexity index is 1090. The molecule has 0 aliphatic carbocycles. The molecule has 3 aromatic rings. The van der Waals surface area contributed by atoms with Gasteiger partial charge in [0.1, 0.15) is 0 Å². The molecule has 0 spiro atoms. The predicted molar refractivity (Wildman–Crippen MR) is 124 cm³/mol. The molecule has 1 atom stereocenters. The van der Waals surface area contributed by atoms with Crippen molar-refractivity contribution >= 4 is 40.6 Å². The topological polar surface area (TPSA) is 112 Å². The number of anilines is 1. The van der Waals surface area contributed by atoms with E-state index in [0.29, 0.717) is 34.8 Å². The Balaban J connectivity index is 1.76. The zero-order chi connectivity index (χ0) is 23.1. The fourth-order valence-corrected chi connectivity index (χ4v) is 4.00. The number of thioether (sulfide) groups is 1. The van der Waals surface area contributed by atoms with Crippen LogP contribution in [0.5, 0.6) is 0 Å². The number of benzene rings is 2. The number of methoxy groups -OCH3 is 1. The molecule has 0 aliphatic rings. The largest absolute Gasteiger partial charge is 0.385 e. The molecule has 1 aromatic heterocycles. The van der Waals surface area contributed by atoms with Crippen LogP contribution >= 0.6 is 23.4 Å². The Morgan fingerprint density at radius 2 is 1.97 bits per heavy atom. The predicted octanol–water partition coefficient (Wildman–Crippen LogP) is 4.66. The second-order valence-electron chi connectivity index (χ2n) is 6.84.